The number of hydrogen-bond donors (Lipinski definition) is 1. The first-order valence-electron chi connectivity index (χ1n) is 6.98. The van der Waals surface area contributed by atoms with E-state index >= 15 is 0 Å². The molecular formula is C14H20N4O2. The molecule has 20 heavy (non-hydrogen) atoms. The van der Waals surface area contributed by atoms with Crippen molar-refractivity contribution in [2.75, 3.05) is 13.1 Å². The van der Waals surface area contributed by atoms with Crippen LogP contribution < -0.4 is 5.73 Å². The number of likely N-dealkylation sites (tertiary alicyclic amines) is 1. The number of carbonyl (C=O) groups is 2. The SMILES string of the molecule is CCC(=O)N1CCC[C@H](Cc2cc(C(N)=O)ncn2)C1. The highest BCUT2D eigenvalue weighted by Crippen LogP contribution is 2.20. The first-order valence-corrected chi connectivity index (χ1v) is 6.98. The Hall–Kier alpha value is -1.98. The summed E-state index contributed by atoms with van der Waals surface area (Å²) >= 11 is 0. The summed E-state index contributed by atoms with van der Waals surface area (Å²) in [6.07, 6.45) is 4.75. The number of primary amides is 1. The van der Waals surface area contributed by atoms with Crippen LogP contribution in [0.1, 0.15) is 42.4 Å². The number of nitrogens with two attached hydrogens (primary N) is 1. The Balaban J connectivity index is 2.00. The average Bonchev–Trinajstić information content (AvgIpc) is 2.47. The normalized spacial score (nSPS) is 18.9. The van der Waals surface area contributed by atoms with Crippen molar-refractivity contribution in [3.05, 3.63) is 23.8 Å². The number of amides is 2. The van der Waals surface area contributed by atoms with Gasteiger partial charge in [-0.1, -0.05) is 6.92 Å². The predicted octanol–water partition coefficient (Wildman–Crippen LogP) is 0.767. The van der Waals surface area contributed by atoms with Crippen LogP contribution in [0.3, 0.4) is 0 Å². The van der Waals surface area contributed by atoms with Gasteiger partial charge < -0.3 is 10.6 Å². The minimum absolute atomic E-state index is 0.204. The lowest BCUT2D eigenvalue weighted by Gasteiger charge is -2.32. The van der Waals surface area contributed by atoms with Crippen molar-refractivity contribution in [1.29, 1.82) is 0 Å². The van der Waals surface area contributed by atoms with Gasteiger partial charge >= 0.3 is 0 Å². The van der Waals surface area contributed by atoms with E-state index in [1.54, 1.807) is 6.07 Å². The fourth-order valence-electron chi connectivity index (χ4n) is 2.62. The molecule has 1 aromatic heterocycles. The van der Waals surface area contributed by atoms with E-state index in [2.05, 4.69) is 9.97 Å². The number of rotatable bonds is 4. The zero-order valence-corrected chi connectivity index (χ0v) is 11.7. The van der Waals surface area contributed by atoms with Crippen LogP contribution in [-0.4, -0.2) is 39.8 Å². The van der Waals surface area contributed by atoms with E-state index in [0.717, 1.165) is 38.0 Å². The molecule has 0 aromatic carbocycles. The van der Waals surface area contributed by atoms with Gasteiger partial charge in [0, 0.05) is 25.2 Å². The summed E-state index contributed by atoms with van der Waals surface area (Å²) in [7, 11) is 0. The third kappa shape index (κ3) is 3.53. The van der Waals surface area contributed by atoms with Crippen molar-refractivity contribution in [3.63, 3.8) is 0 Å². The Labute approximate surface area is 118 Å². The summed E-state index contributed by atoms with van der Waals surface area (Å²) < 4.78 is 0. The maximum atomic E-state index is 11.7. The lowest BCUT2D eigenvalue weighted by atomic mass is 9.93. The monoisotopic (exact) mass is 276 g/mol. The minimum atomic E-state index is -0.542. The molecule has 6 nitrogen and oxygen atoms in total. The number of hydrogen-bond acceptors (Lipinski definition) is 4. The average molecular weight is 276 g/mol. The molecule has 0 radical (unpaired) electrons. The molecule has 0 spiro atoms. The van der Waals surface area contributed by atoms with Crippen LogP contribution in [0.5, 0.6) is 0 Å². The molecule has 108 valence electrons. The third-order valence-corrected chi connectivity index (χ3v) is 3.65. The largest absolute Gasteiger partial charge is 0.364 e. The molecule has 1 aromatic rings. The van der Waals surface area contributed by atoms with E-state index in [0.29, 0.717) is 12.3 Å². The van der Waals surface area contributed by atoms with Gasteiger partial charge in [-0.3, -0.25) is 9.59 Å². The molecule has 0 bridgehead atoms. The molecule has 0 unspecified atom stereocenters. The quantitative estimate of drug-likeness (QED) is 0.879. The molecule has 1 atom stereocenters. The second-order valence-electron chi connectivity index (χ2n) is 5.16. The molecule has 1 saturated heterocycles. The number of carbonyl (C=O) groups excluding carboxylic acids is 2. The van der Waals surface area contributed by atoms with Crippen LogP contribution in [0.4, 0.5) is 0 Å². The van der Waals surface area contributed by atoms with Gasteiger partial charge in [-0.25, -0.2) is 9.97 Å². The van der Waals surface area contributed by atoms with Crippen molar-refractivity contribution in [2.45, 2.75) is 32.6 Å². The molecule has 1 aliphatic rings. The topological polar surface area (TPSA) is 89.2 Å². The standard InChI is InChI=1S/C14H20N4O2/c1-2-13(19)18-5-3-4-10(8-18)6-11-7-12(14(15)20)17-9-16-11/h7,9-10H,2-6,8H2,1H3,(H2,15,20)/t10-/m1/s1. The van der Waals surface area contributed by atoms with Gasteiger partial charge in [-0.05, 0) is 31.2 Å². The van der Waals surface area contributed by atoms with Crippen molar-refractivity contribution in [1.82, 2.24) is 14.9 Å². The van der Waals surface area contributed by atoms with Gasteiger partial charge in [-0.15, -0.1) is 0 Å². The van der Waals surface area contributed by atoms with Crippen LogP contribution in [0.2, 0.25) is 0 Å². The molecule has 2 rings (SSSR count). The molecular weight excluding hydrogens is 256 g/mol. The smallest absolute Gasteiger partial charge is 0.267 e. The van der Waals surface area contributed by atoms with Gasteiger partial charge in [0.25, 0.3) is 5.91 Å². The van der Waals surface area contributed by atoms with E-state index in [4.69, 9.17) is 5.73 Å². The van der Waals surface area contributed by atoms with E-state index < -0.39 is 5.91 Å². The van der Waals surface area contributed by atoms with Crippen LogP contribution in [0, 0.1) is 5.92 Å². The number of piperidine rings is 1. The number of aromatic nitrogens is 2. The van der Waals surface area contributed by atoms with Crippen molar-refractivity contribution in [2.24, 2.45) is 11.7 Å². The van der Waals surface area contributed by atoms with Crippen LogP contribution in [0.15, 0.2) is 12.4 Å². The molecule has 0 aliphatic carbocycles. The molecule has 1 fully saturated rings. The van der Waals surface area contributed by atoms with Crippen LogP contribution in [-0.2, 0) is 11.2 Å². The fraction of sp³-hybridized carbons (Fsp3) is 0.571. The summed E-state index contributed by atoms with van der Waals surface area (Å²) in [5, 5.41) is 0. The van der Waals surface area contributed by atoms with E-state index in [9.17, 15) is 9.59 Å². The fourth-order valence-corrected chi connectivity index (χ4v) is 2.62. The van der Waals surface area contributed by atoms with Gasteiger partial charge in [0.2, 0.25) is 5.91 Å². The maximum absolute atomic E-state index is 11.7. The molecule has 2 heterocycles. The minimum Gasteiger partial charge on any atom is -0.364 e. The van der Waals surface area contributed by atoms with Gasteiger partial charge in [0.05, 0.1) is 0 Å². The second-order valence-corrected chi connectivity index (χ2v) is 5.16. The van der Waals surface area contributed by atoms with Gasteiger partial charge in [0.15, 0.2) is 0 Å². The lowest BCUT2D eigenvalue weighted by molar-refractivity contribution is -0.132. The second kappa shape index (κ2) is 6.45. The van der Waals surface area contributed by atoms with Crippen molar-refractivity contribution >= 4 is 11.8 Å². The molecule has 6 heteroatoms. The molecule has 1 aliphatic heterocycles. The van der Waals surface area contributed by atoms with Crippen molar-refractivity contribution < 1.29 is 9.59 Å². The lowest BCUT2D eigenvalue weighted by Crippen LogP contribution is -2.40. The Kier molecular flexibility index (Phi) is 4.65. The summed E-state index contributed by atoms with van der Waals surface area (Å²) in [4.78, 5) is 32.8. The zero-order valence-electron chi connectivity index (χ0n) is 11.7. The van der Waals surface area contributed by atoms with Crippen LogP contribution in [0.25, 0.3) is 0 Å². The van der Waals surface area contributed by atoms with E-state index in [1.165, 1.54) is 6.33 Å². The van der Waals surface area contributed by atoms with Gasteiger partial charge in [0.1, 0.15) is 12.0 Å². The highest BCUT2D eigenvalue weighted by Gasteiger charge is 2.23. The number of nitrogens with zero attached hydrogens (tertiary/aromatic N) is 3. The summed E-state index contributed by atoms with van der Waals surface area (Å²) in [5.41, 5.74) is 6.27. The summed E-state index contributed by atoms with van der Waals surface area (Å²) in [6.45, 7) is 3.50. The molecule has 2 amide bonds. The Morgan fingerprint density at radius 3 is 2.95 bits per heavy atom. The highest BCUT2D eigenvalue weighted by atomic mass is 16.2. The Morgan fingerprint density at radius 1 is 1.45 bits per heavy atom. The summed E-state index contributed by atoms with van der Waals surface area (Å²) in [6, 6.07) is 1.64. The Bertz CT molecular complexity index is 504. The molecule has 2 N–H and O–H groups in total. The maximum Gasteiger partial charge on any atom is 0.267 e. The predicted molar refractivity (Wildman–Crippen MR) is 73.8 cm³/mol. The summed E-state index contributed by atoms with van der Waals surface area (Å²) in [5.74, 6) is 0.0465. The van der Waals surface area contributed by atoms with Crippen LogP contribution >= 0.6 is 0 Å². The van der Waals surface area contributed by atoms with Gasteiger partial charge in [-0.2, -0.15) is 0 Å². The van der Waals surface area contributed by atoms with E-state index in [1.807, 2.05) is 11.8 Å². The van der Waals surface area contributed by atoms with Crippen molar-refractivity contribution in [3.8, 4) is 0 Å². The molecule has 0 saturated carbocycles. The van der Waals surface area contributed by atoms with E-state index in [-0.39, 0.29) is 11.6 Å². The highest BCUT2D eigenvalue weighted by molar-refractivity contribution is 5.90. The Morgan fingerprint density at radius 2 is 2.25 bits per heavy atom. The first-order chi connectivity index (χ1) is 9.60. The first kappa shape index (κ1) is 14.4. The zero-order chi connectivity index (χ0) is 14.5. The third-order valence-electron chi connectivity index (χ3n) is 3.65.